The second kappa shape index (κ2) is 6.80. The first-order valence-electron chi connectivity index (χ1n) is 7.95. The van der Waals surface area contributed by atoms with Crippen LogP contribution in [0.15, 0.2) is 24.3 Å². The van der Waals surface area contributed by atoms with Gasteiger partial charge in [-0.05, 0) is 26.0 Å². The molecule has 0 radical (unpaired) electrons. The molecule has 0 bridgehead atoms. The van der Waals surface area contributed by atoms with Gasteiger partial charge < -0.3 is 4.90 Å². The smallest absolute Gasteiger partial charge is 0.276 e. The van der Waals surface area contributed by atoms with E-state index in [0.717, 1.165) is 11.3 Å². The lowest BCUT2D eigenvalue weighted by atomic mass is 10.1. The Bertz CT molecular complexity index is 853. The van der Waals surface area contributed by atoms with Crippen LogP contribution in [0.25, 0.3) is 5.69 Å². The molecule has 0 spiro atoms. The van der Waals surface area contributed by atoms with Gasteiger partial charge in [-0.15, -0.1) is 15.3 Å². The van der Waals surface area contributed by atoms with Crippen LogP contribution in [0.5, 0.6) is 0 Å². The Morgan fingerprint density at radius 1 is 1.24 bits per heavy atom. The number of hydrogen-bond donors (Lipinski definition) is 1. The van der Waals surface area contributed by atoms with E-state index in [1.54, 1.807) is 16.6 Å². The molecule has 130 valence electrons. The van der Waals surface area contributed by atoms with Crippen LogP contribution in [0.2, 0.25) is 0 Å². The van der Waals surface area contributed by atoms with E-state index in [1.807, 2.05) is 45.0 Å². The predicted octanol–water partition coefficient (Wildman–Crippen LogP) is 1.27. The number of likely N-dealkylation sites (N-methyl/N-ethyl adjacent to an activating group) is 1. The van der Waals surface area contributed by atoms with Crippen molar-refractivity contribution in [3.05, 3.63) is 47.0 Å². The van der Waals surface area contributed by atoms with Crippen molar-refractivity contribution in [1.29, 1.82) is 0 Å². The summed E-state index contributed by atoms with van der Waals surface area (Å²) in [7, 11) is 1.73. The third kappa shape index (κ3) is 3.39. The lowest BCUT2D eigenvalue weighted by molar-refractivity contribution is 0.0780. The highest BCUT2D eigenvalue weighted by Crippen LogP contribution is 2.16. The molecule has 9 nitrogen and oxygen atoms in total. The van der Waals surface area contributed by atoms with E-state index < -0.39 is 0 Å². The van der Waals surface area contributed by atoms with Crippen LogP contribution in [-0.4, -0.2) is 60.0 Å². The summed E-state index contributed by atoms with van der Waals surface area (Å²) in [6.07, 6.45) is 0. The molecule has 0 saturated heterocycles. The van der Waals surface area contributed by atoms with Crippen molar-refractivity contribution in [2.75, 3.05) is 13.6 Å². The van der Waals surface area contributed by atoms with Crippen LogP contribution >= 0.6 is 0 Å². The highest BCUT2D eigenvalue weighted by atomic mass is 16.2. The summed E-state index contributed by atoms with van der Waals surface area (Å²) in [5, 5.41) is 22.1. The van der Waals surface area contributed by atoms with Crippen LogP contribution in [0, 0.1) is 13.8 Å². The molecule has 1 N–H and O–H groups in total. The molecule has 0 saturated carbocycles. The first kappa shape index (κ1) is 16.7. The molecule has 3 rings (SSSR count). The molecule has 9 heteroatoms. The van der Waals surface area contributed by atoms with Gasteiger partial charge in [-0.1, -0.05) is 35.0 Å². The van der Waals surface area contributed by atoms with Crippen molar-refractivity contribution in [3.63, 3.8) is 0 Å². The van der Waals surface area contributed by atoms with Crippen LogP contribution in [0.3, 0.4) is 0 Å². The van der Waals surface area contributed by atoms with Gasteiger partial charge in [0.05, 0.1) is 11.4 Å². The molecule has 0 aliphatic rings. The zero-order valence-electron chi connectivity index (χ0n) is 14.6. The number of aromatic amines is 1. The number of aromatic nitrogens is 7. The largest absolute Gasteiger partial charge is 0.340 e. The highest BCUT2D eigenvalue weighted by molar-refractivity contribution is 5.93. The van der Waals surface area contributed by atoms with Crippen molar-refractivity contribution in [2.45, 2.75) is 26.7 Å². The molecular formula is C16H20N8O. The van der Waals surface area contributed by atoms with Gasteiger partial charge in [0.1, 0.15) is 0 Å². The highest BCUT2D eigenvalue weighted by Gasteiger charge is 2.23. The molecule has 0 aliphatic heterocycles. The molecule has 1 aromatic carbocycles. The van der Waals surface area contributed by atoms with E-state index in [0.29, 0.717) is 23.8 Å². The fourth-order valence-corrected chi connectivity index (χ4v) is 2.59. The minimum atomic E-state index is -0.189. The minimum absolute atomic E-state index is 0.0415. The van der Waals surface area contributed by atoms with Crippen LogP contribution in [0.4, 0.5) is 0 Å². The molecule has 0 unspecified atom stereocenters. The Balaban J connectivity index is 1.77. The Hall–Kier alpha value is -3.10. The van der Waals surface area contributed by atoms with Crippen molar-refractivity contribution in [2.24, 2.45) is 0 Å². The summed E-state index contributed by atoms with van der Waals surface area (Å²) in [4.78, 5) is 14.3. The molecular weight excluding hydrogens is 320 g/mol. The van der Waals surface area contributed by atoms with Gasteiger partial charge >= 0.3 is 0 Å². The summed E-state index contributed by atoms with van der Waals surface area (Å²) in [5.74, 6) is 0.339. The Morgan fingerprint density at radius 2 is 1.96 bits per heavy atom. The molecule has 3 aromatic rings. The summed E-state index contributed by atoms with van der Waals surface area (Å²) >= 11 is 0. The van der Waals surface area contributed by atoms with Gasteiger partial charge in [-0.25, -0.2) is 4.68 Å². The average Bonchev–Trinajstić information content (AvgIpc) is 3.25. The van der Waals surface area contributed by atoms with Gasteiger partial charge in [0.25, 0.3) is 5.91 Å². The number of carbonyl (C=O) groups is 1. The second-order valence-corrected chi connectivity index (χ2v) is 6.13. The standard InChI is InChI=1S/C16H20N8O/c1-10-5-7-13(8-6-10)24-12(3)14(17-22-24)16(25)23(4)9-11(2)15-18-20-21-19-15/h5-8,11H,9H2,1-4H3,(H,18,19,20,21)/t11-/m0/s1. The fraction of sp³-hybridized carbons (Fsp3) is 0.375. The number of nitrogens with zero attached hydrogens (tertiary/aromatic N) is 7. The zero-order valence-corrected chi connectivity index (χ0v) is 14.6. The summed E-state index contributed by atoms with van der Waals surface area (Å²) < 4.78 is 1.67. The molecule has 1 amide bonds. The van der Waals surface area contributed by atoms with E-state index in [-0.39, 0.29) is 11.8 Å². The Kier molecular flexibility index (Phi) is 4.55. The summed E-state index contributed by atoms with van der Waals surface area (Å²) in [6, 6.07) is 7.90. The van der Waals surface area contributed by atoms with Gasteiger partial charge in [0.15, 0.2) is 11.5 Å². The number of benzene rings is 1. The van der Waals surface area contributed by atoms with Crippen LogP contribution < -0.4 is 0 Å². The first-order valence-corrected chi connectivity index (χ1v) is 7.95. The number of amides is 1. The maximum Gasteiger partial charge on any atom is 0.276 e. The molecule has 2 heterocycles. The molecule has 2 aromatic heterocycles. The van der Waals surface area contributed by atoms with Crippen LogP contribution in [-0.2, 0) is 0 Å². The van der Waals surface area contributed by atoms with Gasteiger partial charge in [0, 0.05) is 19.5 Å². The third-order valence-corrected chi connectivity index (χ3v) is 4.07. The quantitative estimate of drug-likeness (QED) is 0.750. The number of rotatable bonds is 5. The van der Waals surface area contributed by atoms with E-state index in [2.05, 4.69) is 30.9 Å². The zero-order chi connectivity index (χ0) is 18.0. The fourth-order valence-electron chi connectivity index (χ4n) is 2.59. The summed E-state index contributed by atoms with van der Waals surface area (Å²) in [6.45, 7) is 6.25. The minimum Gasteiger partial charge on any atom is -0.340 e. The van der Waals surface area contributed by atoms with Crippen molar-refractivity contribution >= 4 is 5.91 Å². The number of aryl methyl sites for hydroxylation is 1. The average molecular weight is 340 g/mol. The maximum atomic E-state index is 12.7. The van der Waals surface area contributed by atoms with Gasteiger partial charge in [0.2, 0.25) is 0 Å². The van der Waals surface area contributed by atoms with Gasteiger partial charge in [-0.3, -0.25) is 4.79 Å². The van der Waals surface area contributed by atoms with E-state index in [4.69, 9.17) is 0 Å². The van der Waals surface area contributed by atoms with Crippen molar-refractivity contribution < 1.29 is 4.79 Å². The number of carbonyl (C=O) groups excluding carboxylic acids is 1. The van der Waals surface area contributed by atoms with Crippen molar-refractivity contribution in [1.82, 2.24) is 40.5 Å². The summed E-state index contributed by atoms with van der Waals surface area (Å²) in [5.41, 5.74) is 3.07. The number of H-pyrrole nitrogens is 1. The number of hydrogen-bond acceptors (Lipinski definition) is 6. The molecule has 0 fully saturated rings. The number of tetrazole rings is 1. The normalized spacial score (nSPS) is 12.2. The van der Waals surface area contributed by atoms with Crippen LogP contribution in [0.1, 0.15) is 40.4 Å². The maximum absolute atomic E-state index is 12.7. The Labute approximate surface area is 145 Å². The monoisotopic (exact) mass is 340 g/mol. The van der Waals surface area contributed by atoms with E-state index >= 15 is 0 Å². The molecule has 1 atom stereocenters. The SMILES string of the molecule is Cc1ccc(-n2nnc(C(=O)N(C)C[C@H](C)c3nn[nH]n3)c2C)cc1. The third-order valence-electron chi connectivity index (χ3n) is 4.07. The second-order valence-electron chi connectivity index (χ2n) is 6.13. The van der Waals surface area contributed by atoms with Gasteiger partial charge in [-0.2, -0.15) is 5.21 Å². The predicted molar refractivity (Wildman–Crippen MR) is 90.4 cm³/mol. The molecule has 25 heavy (non-hydrogen) atoms. The Morgan fingerprint density at radius 3 is 2.60 bits per heavy atom. The lowest BCUT2D eigenvalue weighted by Gasteiger charge is -2.19. The van der Waals surface area contributed by atoms with Crippen molar-refractivity contribution in [3.8, 4) is 5.69 Å². The van der Waals surface area contributed by atoms with E-state index in [1.165, 1.54) is 0 Å². The topological polar surface area (TPSA) is 105 Å². The lowest BCUT2D eigenvalue weighted by Crippen LogP contribution is -2.31. The van der Waals surface area contributed by atoms with E-state index in [9.17, 15) is 4.79 Å². The molecule has 0 aliphatic carbocycles. The number of nitrogens with one attached hydrogen (secondary N) is 1. The first-order chi connectivity index (χ1) is 12.0.